The number of hydrogen-bond acceptors (Lipinski definition) is 3. The van der Waals surface area contributed by atoms with Crippen LogP contribution in [0.3, 0.4) is 0 Å². The lowest BCUT2D eigenvalue weighted by molar-refractivity contribution is -0.121. The number of benzene rings is 3. The van der Waals surface area contributed by atoms with Gasteiger partial charge in [0.15, 0.2) is 6.61 Å². The van der Waals surface area contributed by atoms with Gasteiger partial charge in [0.05, 0.1) is 12.2 Å². The van der Waals surface area contributed by atoms with Gasteiger partial charge in [0, 0.05) is 27.9 Å². The minimum absolute atomic E-state index is 0.0956. The summed E-state index contributed by atoms with van der Waals surface area (Å²) >= 11 is 5.85. The first kappa shape index (κ1) is 19.0. The molecule has 4 rings (SSSR count). The third-order valence-corrected chi connectivity index (χ3v) is 4.81. The van der Waals surface area contributed by atoms with E-state index < -0.39 is 0 Å². The predicted octanol–water partition coefficient (Wildman–Crippen LogP) is 4.66. The number of fused-ring (bicyclic) bond motifs is 1. The molecule has 0 saturated heterocycles. The van der Waals surface area contributed by atoms with Gasteiger partial charge in [-0.15, -0.1) is 0 Å². The van der Waals surface area contributed by atoms with E-state index in [4.69, 9.17) is 16.3 Å². The van der Waals surface area contributed by atoms with E-state index in [1.165, 1.54) is 11.0 Å². The van der Waals surface area contributed by atoms with E-state index >= 15 is 0 Å². The van der Waals surface area contributed by atoms with Gasteiger partial charge < -0.3 is 15.0 Å². The van der Waals surface area contributed by atoms with Crippen LogP contribution in [-0.4, -0.2) is 18.4 Å². The Morgan fingerprint density at radius 1 is 1.10 bits per heavy atom. The van der Waals surface area contributed by atoms with Gasteiger partial charge in [0.2, 0.25) is 0 Å². The molecule has 7 heteroatoms. The number of anilines is 2. The Kier molecular flexibility index (Phi) is 5.18. The Balaban J connectivity index is 1.56. The average Bonchev–Trinajstić information content (AvgIpc) is 2.72. The highest BCUT2D eigenvalue weighted by Gasteiger charge is 2.26. The molecule has 0 saturated carbocycles. The number of halogens is 2. The van der Waals surface area contributed by atoms with E-state index in [2.05, 4.69) is 5.32 Å². The fourth-order valence-electron chi connectivity index (χ4n) is 3.06. The quantitative estimate of drug-likeness (QED) is 0.680. The maximum atomic E-state index is 14.0. The van der Waals surface area contributed by atoms with Crippen LogP contribution in [0.15, 0.2) is 66.7 Å². The Hall–Kier alpha value is -3.38. The summed E-state index contributed by atoms with van der Waals surface area (Å²) in [5.41, 5.74) is 1.91. The number of hydrogen-bond donors (Lipinski definition) is 1. The van der Waals surface area contributed by atoms with Crippen LogP contribution in [0, 0.1) is 5.82 Å². The molecular formula is C22H16ClFN2O3. The maximum Gasteiger partial charge on any atom is 0.265 e. The molecule has 1 N–H and O–H groups in total. The molecule has 1 aliphatic heterocycles. The summed E-state index contributed by atoms with van der Waals surface area (Å²) in [6.45, 7) is -0.0611. The summed E-state index contributed by atoms with van der Waals surface area (Å²) in [4.78, 5) is 26.2. The highest BCUT2D eigenvalue weighted by Crippen LogP contribution is 2.35. The van der Waals surface area contributed by atoms with Crippen molar-refractivity contribution < 1.29 is 18.7 Å². The van der Waals surface area contributed by atoms with Gasteiger partial charge in [0.1, 0.15) is 11.6 Å². The standard InChI is InChI=1S/C22H16ClFN2O3/c23-16-7-5-14(6-8-16)22(28)25-17-9-10-19-20(11-17)29-13-21(27)26(19)12-15-3-1-2-4-18(15)24/h1-11H,12-13H2,(H,25,28). The van der Waals surface area contributed by atoms with Crippen LogP contribution >= 0.6 is 11.6 Å². The van der Waals surface area contributed by atoms with Crippen molar-refractivity contribution >= 4 is 34.8 Å². The first-order valence-corrected chi connectivity index (χ1v) is 9.26. The highest BCUT2D eigenvalue weighted by atomic mass is 35.5. The van der Waals surface area contributed by atoms with Crippen molar-refractivity contribution in [2.45, 2.75) is 6.54 Å². The maximum absolute atomic E-state index is 14.0. The molecule has 3 aromatic rings. The molecule has 2 amide bonds. The van der Waals surface area contributed by atoms with Crippen molar-refractivity contribution in [2.75, 3.05) is 16.8 Å². The van der Waals surface area contributed by atoms with Gasteiger partial charge >= 0.3 is 0 Å². The molecule has 0 spiro atoms. The van der Waals surface area contributed by atoms with E-state index in [0.29, 0.717) is 33.3 Å². The topological polar surface area (TPSA) is 58.6 Å². The Morgan fingerprint density at radius 2 is 1.86 bits per heavy atom. The lowest BCUT2D eigenvalue weighted by Crippen LogP contribution is -2.38. The second kappa shape index (κ2) is 7.93. The SMILES string of the molecule is O=C(Nc1ccc2c(c1)OCC(=O)N2Cc1ccccc1F)c1ccc(Cl)cc1. The Bertz CT molecular complexity index is 1090. The average molecular weight is 411 g/mol. The molecule has 0 aromatic heterocycles. The van der Waals surface area contributed by atoms with Crippen molar-refractivity contribution in [3.63, 3.8) is 0 Å². The molecule has 0 aliphatic carbocycles. The molecule has 1 aliphatic rings. The number of amides is 2. The number of carbonyl (C=O) groups is 2. The second-order valence-electron chi connectivity index (χ2n) is 6.50. The zero-order valence-corrected chi connectivity index (χ0v) is 15.9. The molecule has 5 nitrogen and oxygen atoms in total. The van der Waals surface area contributed by atoms with E-state index in [9.17, 15) is 14.0 Å². The molecular weight excluding hydrogens is 395 g/mol. The first-order chi connectivity index (χ1) is 14.0. The number of carbonyl (C=O) groups excluding carboxylic acids is 2. The molecule has 0 fully saturated rings. The van der Waals surface area contributed by atoms with Crippen molar-refractivity contribution in [1.82, 2.24) is 0 Å². The number of nitrogens with one attached hydrogen (secondary N) is 1. The van der Waals surface area contributed by atoms with E-state index in [1.807, 2.05) is 0 Å². The second-order valence-corrected chi connectivity index (χ2v) is 6.94. The van der Waals surface area contributed by atoms with Crippen LogP contribution in [0.2, 0.25) is 5.02 Å². The van der Waals surface area contributed by atoms with Gasteiger partial charge in [-0.1, -0.05) is 29.8 Å². The van der Waals surface area contributed by atoms with Crippen LogP contribution in [0.25, 0.3) is 0 Å². The fraction of sp³-hybridized carbons (Fsp3) is 0.0909. The van der Waals surface area contributed by atoms with Crippen LogP contribution < -0.4 is 15.0 Å². The predicted molar refractivity (Wildman–Crippen MR) is 109 cm³/mol. The Labute approximate surface area is 171 Å². The zero-order valence-electron chi connectivity index (χ0n) is 15.2. The Morgan fingerprint density at radius 3 is 2.62 bits per heavy atom. The summed E-state index contributed by atoms with van der Waals surface area (Å²) in [6, 6.07) is 17.8. The molecule has 0 bridgehead atoms. The van der Waals surface area contributed by atoms with Gasteiger partial charge in [-0.25, -0.2) is 4.39 Å². The number of rotatable bonds is 4. The molecule has 146 valence electrons. The van der Waals surface area contributed by atoms with Gasteiger partial charge in [0.25, 0.3) is 11.8 Å². The number of nitrogens with zero attached hydrogens (tertiary/aromatic N) is 1. The van der Waals surface area contributed by atoms with Crippen LogP contribution in [0.5, 0.6) is 5.75 Å². The molecule has 0 atom stereocenters. The highest BCUT2D eigenvalue weighted by molar-refractivity contribution is 6.30. The van der Waals surface area contributed by atoms with Crippen molar-refractivity contribution in [3.8, 4) is 5.75 Å². The summed E-state index contributed by atoms with van der Waals surface area (Å²) in [7, 11) is 0. The summed E-state index contributed by atoms with van der Waals surface area (Å²) in [6.07, 6.45) is 0. The first-order valence-electron chi connectivity index (χ1n) is 8.89. The smallest absolute Gasteiger partial charge is 0.265 e. The number of ether oxygens (including phenoxy) is 1. The summed E-state index contributed by atoms with van der Waals surface area (Å²) in [5, 5.41) is 3.33. The van der Waals surface area contributed by atoms with Crippen LogP contribution in [0.1, 0.15) is 15.9 Å². The van der Waals surface area contributed by atoms with E-state index in [-0.39, 0.29) is 30.8 Å². The normalized spacial score (nSPS) is 12.9. The molecule has 3 aromatic carbocycles. The summed E-state index contributed by atoms with van der Waals surface area (Å²) in [5.74, 6) is -0.495. The van der Waals surface area contributed by atoms with E-state index in [1.54, 1.807) is 60.7 Å². The minimum atomic E-state index is -0.375. The van der Waals surface area contributed by atoms with Gasteiger partial charge in [-0.3, -0.25) is 9.59 Å². The largest absolute Gasteiger partial charge is 0.481 e. The minimum Gasteiger partial charge on any atom is -0.481 e. The van der Waals surface area contributed by atoms with Crippen molar-refractivity contribution in [2.24, 2.45) is 0 Å². The van der Waals surface area contributed by atoms with Gasteiger partial charge in [-0.05, 0) is 42.5 Å². The van der Waals surface area contributed by atoms with Crippen LogP contribution in [-0.2, 0) is 11.3 Å². The molecule has 29 heavy (non-hydrogen) atoms. The van der Waals surface area contributed by atoms with Crippen molar-refractivity contribution in [1.29, 1.82) is 0 Å². The molecule has 1 heterocycles. The molecule has 0 unspecified atom stereocenters. The fourth-order valence-corrected chi connectivity index (χ4v) is 3.18. The third-order valence-electron chi connectivity index (χ3n) is 4.55. The lowest BCUT2D eigenvalue weighted by atomic mass is 10.1. The van der Waals surface area contributed by atoms with Gasteiger partial charge in [-0.2, -0.15) is 0 Å². The third kappa shape index (κ3) is 4.07. The van der Waals surface area contributed by atoms with E-state index in [0.717, 1.165) is 0 Å². The zero-order chi connectivity index (χ0) is 20.4. The lowest BCUT2D eigenvalue weighted by Gasteiger charge is -2.30. The van der Waals surface area contributed by atoms with Crippen molar-refractivity contribution in [3.05, 3.63) is 88.7 Å². The monoisotopic (exact) mass is 410 g/mol. The van der Waals surface area contributed by atoms with Crippen LogP contribution in [0.4, 0.5) is 15.8 Å². The summed E-state index contributed by atoms with van der Waals surface area (Å²) < 4.78 is 19.5. The molecule has 0 radical (unpaired) electrons.